The van der Waals surface area contributed by atoms with Crippen molar-refractivity contribution in [2.75, 3.05) is 19.2 Å². The van der Waals surface area contributed by atoms with Gasteiger partial charge in [-0.25, -0.2) is 4.79 Å². The minimum Gasteiger partial charge on any atom is -0.449 e. The lowest BCUT2D eigenvalue weighted by Crippen LogP contribution is -2.45. The first-order valence-corrected chi connectivity index (χ1v) is 7.26. The summed E-state index contributed by atoms with van der Waals surface area (Å²) in [6, 6.07) is -0.633. The van der Waals surface area contributed by atoms with Gasteiger partial charge in [0.05, 0.1) is 0 Å². The van der Waals surface area contributed by atoms with E-state index in [0.29, 0.717) is 0 Å². The number of hydrogen-bond acceptors (Lipinski definition) is 4. The fourth-order valence-corrected chi connectivity index (χ4v) is 3.21. The van der Waals surface area contributed by atoms with Crippen molar-refractivity contribution in [1.29, 1.82) is 0 Å². The van der Waals surface area contributed by atoms with E-state index in [-0.39, 0.29) is 13.1 Å². The Kier molecular flexibility index (Phi) is 4.04. The molecule has 0 N–H and O–H groups in total. The number of rotatable bonds is 2. The zero-order chi connectivity index (χ0) is 16.9. The van der Waals surface area contributed by atoms with Crippen LogP contribution in [0.15, 0.2) is 0 Å². The number of carbonyl (C=O) groups excluding carboxylic acids is 2. The molecule has 3 atom stereocenters. The van der Waals surface area contributed by atoms with Crippen molar-refractivity contribution in [3.63, 3.8) is 0 Å². The Morgan fingerprint density at radius 1 is 1.23 bits per heavy atom. The van der Waals surface area contributed by atoms with Gasteiger partial charge in [-0.2, -0.15) is 13.2 Å². The topological polar surface area (TPSA) is 55.8 Å². The van der Waals surface area contributed by atoms with Crippen molar-refractivity contribution >= 4 is 23.7 Å². The number of nitrogens with zero attached hydrogens (tertiary/aromatic N) is 1. The SMILES string of the molecule is CC(C)(C)OC(=O)N1C[C@@H]2[C@H](C1)C2(C(=O)OCCl)C(F)(F)F. The van der Waals surface area contributed by atoms with E-state index in [4.69, 9.17) is 16.3 Å². The summed E-state index contributed by atoms with van der Waals surface area (Å²) < 4.78 is 49.4. The van der Waals surface area contributed by atoms with Crippen molar-refractivity contribution in [3.05, 3.63) is 0 Å². The van der Waals surface area contributed by atoms with Gasteiger partial charge < -0.3 is 14.4 Å². The normalized spacial score (nSPS) is 30.8. The molecule has 2 aliphatic rings. The van der Waals surface area contributed by atoms with Gasteiger partial charge >= 0.3 is 18.2 Å². The van der Waals surface area contributed by atoms with Gasteiger partial charge in [-0.15, -0.1) is 0 Å². The molecule has 1 saturated carbocycles. The van der Waals surface area contributed by atoms with Gasteiger partial charge in [-0.3, -0.25) is 4.79 Å². The average Bonchev–Trinajstić information content (AvgIpc) is 2.73. The summed E-state index contributed by atoms with van der Waals surface area (Å²) in [4.78, 5) is 24.8. The summed E-state index contributed by atoms with van der Waals surface area (Å²) in [6.45, 7) is 4.63. The van der Waals surface area contributed by atoms with Crippen molar-refractivity contribution in [2.24, 2.45) is 17.3 Å². The Bertz CT molecular complexity index is 477. The number of amides is 1. The molecular weight excluding hydrogens is 327 g/mol. The summed E-state index contributed by atoms with van der Waals surface area (Å²) in [5.41, 5.74) is -3.27. The summed E-state index contributed by atoms with van der Waals surface area (Å²) in [5, 5.41) is 0. The first-order chi connectivity index (χ1) is 9.95. The van der Waals surface area contributed by atoms with Gasteiger partial charge in [0, 0.05) is 24.9 Å². The van der Waals surface area contributed by atoms with E-state index >= 15 is 0 Å². The van der Waals surface area contributed by atoms with Crippen LogP contribution < -0.4 is 0 Å². The zero-order valence-corrected chi connectivity index (χ0v) is 13.1. The second-order valence-electron chi connectivity index (χ2n) is 6.51. The van der Waals surface area contributed by atoms with Crippen LogP contribution in [0, 0.1) is 17.3 Å². The highest BCUT2D eigenvalue weighted by atomic mass is 35.5. The second-order valence-corrected chi connectivity index (χ2v) is 6.72. The van der Waals surface area contributed by atoms with E-state index in [1.165, 1.54) is 4.90 Å². The van der Waals surface area contributed by atoms with Crippen LogP contribution in [0.25, 0.3) is 0 Å². The number of esters is 1. The average molecular weight is 344 g/mol. The number of hydrogen-bond donors (Lipinski definition) is 0. The molecule has 0 aromatic heterocycles. The first-order valence-electron chi connectivity index (χ1n) is 6.73. The third kappa shape index (κ3) is 2.61. The highest BCUT2D eigenvalue weighted by Crippen LogP contribution is 2.70. The number of piperidine rings is 1. The third-order valence-electron chi connectivity index (χ3n) is 4.02. The molecule has 1 saturated heterocycles. The monoisotopic (exact) mass is 343 g/mol. The number of carbonyl (C=O) groups is 2. The zero-order valence-electron chi connectivity index (χ0n) is 12.4. The standard InChI is InChI=1S/C13H17ClF3NO4/c1-11(2,3)22-10(20)18-4-7-8(5-18)12(7,13(15,16)17)9(19)21-6-14/h7-8H,4-6H2,1-3H3/t7-,8+,12?. The Morgan fingerprint density at radius 3 is 2.09 bits per heavy atom. The molecule has 5 nitrogen and oxygen atoms in total. The van der Waals surface area contributed by atoms with Crippen LogP contribution in [0.1, 0.15) is 20.8 Å². The van der Waals surface area contributed by atoms with E-state index < -0.39 is 47.2 Å². The molecule has 1 aliphatic carbocycles. The van der Waals surface area contributed by atoms with Gasteiger partial charge in [0.25, 0.3) is 0 Å². The molecule has 0 aromatic carbocycles. The Balaban J connectivity index is 2.09. The molecule has 1 heterocycles. The van der Waals surface area contributed by atoms with Crippen LogP contribution in [0.3, 0.4) is 0 Å². The van der Waals surface area contributed by atoms with Gasteiger partial charge in [0.1, 0.15) is 5.60 Å². The Hall–Kier alpha value is -1.18. The molecule has 2 rings (SSSR count). The summed E-state index contributed by atoms with van der Waals surface area (Å²) in [7, 11) is 0. The Morgan fingerprint density at radius 2 is 1.73 bits per heavy atom. The molecule has 0 radical (unpaired) electrons. The molecule has 1 unspecified atom stereocenters. The van der Waals surface area contributed by atoms with Crippen molar-refractivity contribution in [1.82, 2.24) is 4.90 Å². The molecule has 2 fully saturated rings. The minimum absolute atomic E-state index is 0.184. The maximum absolute atomic E-state index is 13.3. The molecule has 9 heteroatoms. The summed E-state index contributed by atoms with van der Waals surface area (Å²) in [6.07, 6.45) is -5.41. The molecule has 0 spiro atoms. The maximum atomic E-state index is 13.3. The predicted molar refractivity (Wildman–Crippen MR) is 70.1 cm³/mol. The number of halogens is 4. The van der Waals surface area contributed by atoms with Crippen LogP contribution >= 0.6 is 11.6 Å². The van der Waals surface area contributed by atoms with E-state index in [1.54, 1.807) is 20.8 Å². The summed E-state index contributed by atoms with van der Waals surface area (Å²) in [5.74, 6) is -3.37. The van der Waals surface area contributed by atoms with Crippen molar-refractivity contribution in [2.45, 2.75) is 32.5 Å². The number of fused-ring (bicyclic) bond motifs is 1. The van der Waals surface area contributed by atoms with Gasteiger partial charge in [0.2, 0.25) is 0 Å². The largest absolute Gasteiger partial charge is 0.449 e. The lowest BCUT2D eigenvalue weighted by Gasteiger charge is -2.29. The van der Waals surface area contributed by atoms with Crippen LogP contribution in [0.2, 0.25) is 0 Å². The van der Waals surface area contributed by atoms with Crippen LogP contribution in [0.4, 0.5) is 18.0 Å². The lowest BCUT2D eigenvalue weighted by molar-refractivity contribution is -0.214. The van der Waals surface area contributed by atoms with E-state index in [1.807, 2.05) is 0 Å². The highest BCUT2D eigenvalue weighted by Gasteiger charge is 2.85. The molecular formula is C13H17ClF3NO4. The minimum atomic E-state index is -4.73. The highest BCUT2D eigenvalue weighted by molar-refractivity contribution is 6.17. The van der Waals surface area contributed by atoms with E-state index in [2.05, 4.69) is 4.74 Å². The van der Waals surface area contributed by atoms with Gasteiger partial charge in [0.15, 0.2) is 11.5 Å². The molecule has 1 amide bonds. The molecule has 1 aliphatic heterocycles. The lowest BCUT2D eigenvalue weighted by atomic mass is 9.99. The van der Waals surface area contributed by atoms with Gasteiger partial charge in [-0.1, -0.05) is 11.6 Å². The number of likely N-dealkylation sites (tertiary alicyclic amines) is 1. The summed E-state index contributed by atoms with van der Waals surface area (Å²) >= 11 is 5.19. The molecule has 126 valence electrons. The smallest absolute Gasteiger partial charge is 0.410 e. The predicted octanol–water partition coefficient (Wildman–Crippen LogP) is 2.77. The quantitative estimate of drug-likeness (QED) is 0.571. The van der Waals surface area contributed by atoms with E-state index in [9.17, 15) is 22.8 Å². The first kappa shape index (κ1) is 17.2. The number of ether oxygens (including phenoxy) is 2. The van der Waals surface area contributed by atoms with E-state index in [0.717, 1.165) is 0 Å². The van der Waals surface area contributed by atoms with Crippen LogP contribution in [-0.4, -0.2) is 47.9 Å². The van der Waals surface area contributed by atoms with Crippen LogP contribution in [0.5, 0.6) is 0 Å². The second kappa shape index (κ2) is 5.18. The fourth-order valence-electron chi connectivity index (χ4n) is 3.11. The molecule has 22 heavy (non-hydrogen) atoms. The third-order valence-corrected chi connectivity index (χ3v) is 4.13. The van der Waals surface area contributed by atoms with Crippen molar-refractivity contribution < 1.29 is 32.2 Å². The van der Waals surface area contributed by atoms with Crippen molar-refractivity contribution in [3.8, 4) is 0 Å². The van der Waals surface area contributed by atoms with Gasteiger partial charge in [-0.05, 0) is 20.8 Å². The fraction of sp³-hybridized carbons (Fsp3) is 0.846. The molecule has 0 aromatic rings. The number of alkyl halides is 4. The molecule has 0 bridgehead atoms. The van der Waals surface area contributed by atoms with Crippen LogP contribution in [-0.2, 0) is 14.3 Å². The Labute approximate surface area is 130 Å². The maximum Gasteiger partial charge on any atom is 0.410 e.